The molecule has 22 heteroatoms. The number of carbonyl (C=O) groups excluding carboxylic acids is 8. The Bertz CT molecular complexity index is 2980. The number of hydrogen-bond acceptors (Lipinski definition) is 18. The lowest BCUT2D eigenvalue weighted by Crippen LogP contribution is -2.82. The van der Waals surface area contributed by atoms with E-state index in [2.05, 4.69) is 15.7 Å². The van der Waals surface area contributed by atoms with Gasteiger partial charge in [0.1, 0.15) is 30.0 Å². The fraction of sp³-hybridized carbons (Fsp3) is 0.464. The van der Waals surface area contributed by atoms with E-state index in [1.165, 1.54) is 81.2 Å². The number of hydrazone groups is 1. The smallest absolute Gasteiger partial charge is 0.338 e. The quantitative estimate of drug-likeness (QED) is 0.0681. The summed E-state index contributed by atoms with van der Waals surface area (Å²) in [7, 11) is 0. The number of fused-ring (bicyclic) bond motifs is 5. The van der Waals surface area contributed by atoms with Gasteiger partial charge in [-0.15, -0.1) is 0 Å². The monoisotopic (exact) mass is 1080 g/mol. The number of aliphatic hydroxyl groups excluding tert-OH is 2. The first-order valence-electron chi connectivity index (χ1n) is 25.4. The number of rotatable bonds is 16. The Hall–Kier alpha value is -7.66. The fourth-order valence-corrected chi connectivity index (χ4v) is 11.9. The molecular weight excluding hydrogens is 1020 g/mol. The van der Waals surface area contributed by atoms with E-state index in [1.807, 2.05) is 0 Å². The molecule has 2 saturated carbocycles. The predicted molar refractivity (Wildman–Crippen MR) is 272 cm³/mol. The van der Waals surface area contributed by atoms with Gasteiger partial charge in [-0.2, -0.15) is 5.10 Å². The molecule has 3 amide bonds. The summed E-state index contributed by atoms with van der Waals surface area (Å²) in [5.41, 5.74) is -7.17. The Morgan fingerprint density at radius 3 is 2.05 bits per heavy atom. The number of nitrogens with zero attached hydrogens (tertiary/aromatic N) is 2. The number of nitrogens with one attached hydrogen (secondary N) is 2. The van der Waals surface area contributed by atoms with Crippen LogP contribution in [0.1, 0.15) is 113 Å². The molecule has 414 valence electrons. The molecule has 2 bridgehead atoms. The number of aliphatic carboxylic acids is 1. The third kappa shape index (κ3) is 10.2. The van der Waals surface area contributed by atoms with E-state index < -0.39 is 143 Å². The topological polar surface area (TPSA) is 320 Å². The van der Waals surface area contributed by atoms with Crippen LogP contribution >= 0.6 is 0 Å². The number of aliphatic hydroxyl groups is 3. The molecule has 2 aliphatic heterocycles. The Morgan fingerprint density at radius 1 is 0.846 bits per heavy atom. The van der Waals surface area contributed by atoms with Gasteiger partial charge in [0.2, 0.25) is 5.91 Å². The molecule has 3 aliphatic carbocycles. The van der Waals surface area contributed by atoms with Crippen LogP contribution in [0.25, 0.3) is 0 Å². The molecule has 3 aromatic carbocycles. The summed E-state index contributed by atoms with van der Waals surface area (Å²) >= 11 is 0. The average molecular weight is 1080 g/mol. The van der Waals surface area contributed by atoms with Crippen molar-refractivity contribution in [2.45, 2.75) is 140 Å². The molecule has 5 aliphatic rings. The number of hydrogen-bond donors (Lipinski definition) is 6. The zero-order chi connectivity index (χ0) is 56.8. The molecule has 0 unspecified atom stereocenters. The van der Waals surface area contributed by atoms with E-state index in [4.69, 9.17) is 23.7 Å². The molecule has 3 aromatic rings. The summed E-state index contributed by atoms with van der Waals surface area (Å²) in [6.07, 6.45) is -12.4. The number of benzene rings is 3. The predicted octanol–water partition coefficient (Wildman–Crippen LogP) is 3.20. The van der Waals surface area contributed by atoms with Crippen molar-refractivity contribution >= 4 is 64.8 Å². The highest BCUT2D eigenvalue weighted by molar-refractivity contribution is 6.12. The van der Waals surface area contributed by atoms with E-state index in [0.29, 0.717) is 11.4 Å². The zero-order valence-electron chi connectivity index (χ0n) is 43.9. The molecule has 6 N–H and O–H groups in total. The number of anilines is 1. The standard InChI is InChI=1S/C56H62N4O18/c1-28-24-40(64)60(59-28)35-20-18-33(19-21-35)49(69)57-36(22-23-41(65)66)50(70)58-43(32-14-10-8-11-15-32)44(67)52(72)76-37-26-56(73)48(77-51(71)34-16-12-9-13-17-34)46-54(7,38(63)25-39-55(46,27-74-39)78-31(4)62)47(68)45(75-30(3)61)42(29(37)2)53(56,5)6/h8-21,36-39,43-46,48,63,67,73H,22-27H2,1-7H3,(H,57,69)(H,58,70)(H,65,66)/t36-,37+,38+,39-,43+,44-,45-,46+,48+,54-,55+,56-/m1/s1. The second-order valence-corrected chi connectivity index (χ2v) is 21.2. The first-order chi connectivity index (χ1) is 36.7. The highest BCUT2D eigenvalue weighted by atomic mass is 16.6. The number of amides is 3. The lowest BCUT2D eigenvalue weighted by atomic mass is 9.44. The maximum absolute atomic E-state index is 15.7. The highest BCUT2D eigenvalue weighted by Gasteiger charge is 2.78. The summed E-state index contributed by atoms with van der Waals surface area (Å²) in [5, 5.41) is 58.3. The molecule has 78 heavy (non-hydrogen) atoms. The van der Waals surface area contributed by atoms with Crippen LogP contribution in [0.3, 0.4) is 0 Å². The molecule has 3 fully saturated rings. The maximum Gasteiger partial charge on any atom is 0.338 e. The van der Waals surface area contributed by atoms with E-state index in [0.717, 1.165) is 13.8 Å². The number of carboxylic acids is 1. The van der Waals surface area contributed by atoms with Crippen LogP contribution in [0.4, 0.5) is 5.69 Å². The van der Waals surface area contributed by atoms with Crippen LogP contribution < -0.4 is 15.6 Å². The average Bonchev–Trinajstić information content (AvgIpc) is 3.41. The zero-order valence-corrected chi connectivity index (χ0v) is 43.9. The van der Waals surface area contributed by atoms with Crippen LogP contribution in [-0.4, -0.2) is 140 Å². The Kier molecular flexibility index (Phi) is 15.7. The van der Waals surface area contributed by atoms with E-state index in [-0.39, 0.29) is 53.2 Å². The van der Waals surface area contributed by atoms with Gasteiger partial charge >= 0.3 is 29.8 Å². The normalized spacial score (nSPS) is 29.1. The first-order valence-corrected chi connectivity index (χ1v) is 25.4. The Balaban J connectivity index is 1.16. The lowest BCUT2D eigenvalue weighted by molar-refractivity contribution is -0.346. The molecule has 12 atom stereocenters. The number of esters is 4. The molecule has 0 spiro atoms. The minimum atomic E-state index is -2.51. The minimum absolute atomic E-state index is 0.00899. The van der Waals surface area contributed by atoms with Crippen molar-refractivity contribution in [1.29, 1.82) is 0 Å². The van der Waals surface area contributed by atoms with Gasteiger partial charge in [-0.3, -0.25) is 33.6 Å². The molecule has 22 nitrogen and oxygen atoms in total. The van der Waals surface area contributed by atoms with Crippen molar-refractivity contribution in [3.05, 3.63) is 113 Å². The van der Waals surface area contributed by atoms with Crippen LogP contribution in [0.2, 0.25) is 0 Å². The number of ether oxygens (including phenoxy) is 5. The van der Waals surface area contributed by atoms with Crippen molar-refractivity contribution in [2.24, 2.45) is 21.8 Å². The second-order valence-electron chi connectivity index (χ2n) is 21.2. The van der Waals surface area contributed by atoms with Gasteiger partial charge in [0, 0.05) is 49.8 Å². The van der Waals surface area contributed by atoms with Gasteiger partial charge in [-0.25, -0.2) is 14.6 Å². The van der Waals surface area contributed by atoms with Gasteiger partial charge in [0.05, 0.1) is 47.8 Å². The van der Waals surface area contributed by atoms with Gasteiger partial charge in [-0.1, -0.05) is 62.4 Å². The third-order valence-corrected chi connectivity index (χ3v) is 16.0. The first kappa shape index (κ1) is 56.5. The Labute approximate surface area is 448 Å². The number of Topliss-reactive ketones (excluding diaryl/α,β-unsaturated/α-hetero) is 1. The summed E-state index contributed by atoms with van der Waals surface area (Å²) < 4.78 is 30.4. The van der Waals surface area contributed by atoms with Gasteiger partial charge in [-0.05, 0) is 80.3 Å². The molecule has 0 radical (unpaired) electrons. The van der Waals surface area contributed by atoms with Crippen LogP contribution in [0.5, 0.6) is 0 Å². The minimum Gasteiger partial charge on any atom is -0.481 e. The summed E-state index contributed by atoms with van der Waals surface area (Å²) in [5.74, 6) is -10.2. The van der Waals surface area contributed by atoms with Crippen LogP contribution in [-0.2, 0) is 57.2 Å². The summed E-state index contributed by atoms with van der Waals surface area (Å²) in [6, 6.07) is 17.7. The highest BCUT2D eigenvalue weighted by Crippen LogP contribution is 2.64. The number of carbonyl (C=O) groups is 9. The van der Waals surface area contributed by atoms with Crippen LogP contribution in [0.15, 0.2) is 101 Å². The molecule has 1 saturated heterocycles. The van der Waals surface area contributed by atoms with E-state index >= 15 is 4.79 Å². The maximum atomic E-state index is 15.7. The molecule has 8 rings (SSSR count). The van der Waals surface area contributed by atoms with Crippen molar-refractivity contribution in [3.63, 3.8) is 0 Å². The van der Waals surface area contributed by atoms with Crippen molar-refractivity contribution in [2.75, 3.05) is 11.6 Å². The molecular formula is C56H62N4O18. The lowest BCUT2D eigenvalue weighted by Gasteiger charge is -2.67. The van der Waals surface area contributed by atoms with Crippen molar-refractivity contribution in [1.82, 2.24) is 10.6 Å². The fourth-order valence-electron chi connectivity index (χ4n) is 11.9. The largest absolute Gasteiger partial charge is 0.481 e. The molecule has 2 heterocycles. The molecule has 0 aromatic heterocycles. The summed E-state index contributed by atoms with van der Waals surface area (Å²) in [6.45, 7) is 9.28. The number of carboxylic acid groups (broad SMARTS) is 1. The van der Waals surface area contributed by atoms with E-state index in [1.54, 1.807) is 43.3 Å². The summed E-state index contributed by atoms with van der Waals surface area (Å²) in [4.78, 5) is 123. The second kappa shape index (κ2) is 21.6. The van der Waals surface area contributed by atoms with Crippen molar-refractivity contribution in [3.8, 4) is 0 Å². The van der Waals surface area contributed by atoms with Crippen LogP contribution in [0, 0.1) is 16.7 Å². The number of ketones is 1. The van der Waals surface area contributed by atoms with Gasteiger partial charge in [0.15, 0.2) is 23.6 Å². The van der Waals surface area contributed by atoms with Gasteiger partial charge < -0.3 is 54.7 Å². The third-order valence-electron chi connectivity index (χ3n) is 16.0. The van der Waals surface area contributed by atoms with Gasteiger partial charge in [0.25, 0.3) is 11.8 Å². The Morgan fingerprint density at radius 2 is 1.49 bits per heavy atom. The SMILES string of the molecule is CC(=O)O[C@H]1C(=O)[C@@]2(C)[C@H]([C@H](OC(=O)c3ccccc3)[C@]3(O)C[C@H](OC(=O)[C@H](O)[C@@H](NC(=O)[C@@H](CCC(=O)O)NC(=O)c4ccc(N5N=C(C)CC5=O)cc4)c4ccccc4)C(C)=C1C3(C)C)[C@]1(OC(C)=O)CO[C@@H]1C[C@@H]2O. The van der Waals surface area contributed by atoms with E-state index in [9.17, 15) is 58.8 Å². The van der Waals surface area contributed by atoms with Crippen molar-refractivity contribution < 1.29 is 87.3 Å².